The van der Waals surface area contributed by atoms with E-state index in [9.17, 15) is 9.59 Å². The molecule has 6 nitrogen and oxygen atoms in total. The smallest absolute Gasteiger partial charge is 0.266 e. The molecule has 2 saturated heterocycles. The van der Waals surface area contributed by atoms with Crippen molar-refractivity contribution < 1.29 is 19.2 Å². The van der Waals surface area contributed by atoms with Gasteiger partial charge in [0.15, 0.2) is 6.10 Å². The number of carbonyl (C=O) groups excluding carboxylic acids is 2. The maximum absolute atomic E-state index is 13.8. The van der Waals surface area contributed by atoms with Crippen LogP contribution in [0.25, 0.3) is 0 Å². The highest BCUT2D eigenvalue weighted by Gasteiger charge is 2.60. The lowest BCUT2D eigenvalue weighted by Crippen LogP contribution is -2.37. The monoisotopic (exact) mass is 460 g/mol. The third-order valence-electron chi connectivity index (χ3n) is 5.99. The number of nitrogens with zero attached hydrogens (tertiary/aromatic N) is 2. The lowest BCUT2D eigenvalue weighted by molar-refractivity contribution is -0.126. The van der Waals surface area contributed by atoms with Gasteiger partial charge in [-0.05, 0) is 55.1 Å². The molecule has 2 amide bonds. The minimum absolute atomic E-state index is 0.283. The second-order valence-electron chi connectivity index (χ2n) is 7.84. The summed E-state index contributed by atoms with van der Waals surface area (Å²) < 4.78 is 5.70. The van der Waals surface area contributed by atoms with E-state index < -0.39 is 18.1 Å². The number of hydroxylamine groups is 1. The Labute approximate surface area is 197 Å². The molecule has 2 aliphatic rings. The largest absolute Gasteiger partial charge is 0.492 e. The zero-order chi connectivity index (χ0) is 22.9. The van der Waals surface area contributed by atoms with Gasteiger partial charge >= 0.3 is 0 Å². The van der Waals surface area contributed by atoms with E-state index in [2.05, 4.69) is 0 Å². The summed E-state index contributed by atoms with van der Waals surface area (Å²) in [7, 11) is 0. The van der Waals surface area contributed by atoms with Crippen molar-refractivity contribution in [3.05, 3.63) is 84.4 Å². The van der Waals surface area contributed by atoms with Gasteiger partial charge in [0.1, 0.15) is 11.7 Å². The molecule has 33 heavy (non-hydrogen) atoms. The van der Waals surface area contributed by atoms with E-state index >= 15 is 0 Å². The van der Waals surface area contributed by atoms with Crippen molar-refractivity contribution in [3.63, 3.8) is 0 Å². The highest BCUT2D eigenvalue weighted by atomic mass is 32.2. The molecule has 0 aliphatic carbocycles. The van der Waals surface area contributed by atoms with Gasteiger partial charge in [-0.1, -0.05) is 42.5 Å². The SMILES string of the molecule is CCOc1ccccc1N1C(=O)[C@H]2[C@@H](ON(c3ccccc3)[C@H]2c2ccc(SC)cc2)C1=O. The van der Waals surface area contributed by atoms with Crippen LogP contribution in [0, 0.1) is 5.92 Å². The van der Waals surface area contributed by atoms with Crippen LogP contribution < -0.4 is 14.7 Å². The number of hydrogen-bond acceptors (Lipinski definition) is 6. The summed E-state index contributed by atoms with van der Waals surface area (Å²) in [6.07, 6.45) is 1.12. The first-order chi connectivity index (χ1) is 16.1. The van der Waals surface area contributed by atoms with E-state index in [0.29, 0.717) is 18.0 Å². The van der Waals surface area contributed by atoms with Crippen molar-refractivity contribution in [1.29, 1.82) is 0 Å². The Bertz CT molecular complexity index is 1170. The van der Waals surface area contributed by atoms with Crippen LogP contribution in [0.5, 0.6) is 5.75 Å². The van der Waals surface area contributed by atoms with Crippen LogP contribution >= 0.6 is 11.8 Å². The molecule has 0 spiro atoms. The standard InChI is InChI=1S/C26H24N2O4S/c1-3-31-21-12-8-7-11-20(21)27-25(29)22-23(17-13-15-19(33-2)16-14-17)28(32-24(22)26(27)30)18-9-5-4-6-10-18/h4-16,22-24H,3H2,1-2H3/t22-,23+,24-/m1/s1. The van der Waals surface area contributed by atoms with E-state index in [1.807, 2.05) is 73.8 Å². The number of imide groups is 1. The molecule has 7 heteroatoms. The molecular formula is C26H24N2O4S. The van der Waals surface area contributed by atoms with E-state index in [4.69, 9.17) is 9.57 Å². The summed E-state index contributed by atoms with van der Waals surface area (Å²) >= 11 is 1.65. The molecular weight excluding hydrogens is 436 g/mol. The number of thioether (sulfide) groups is 1. The molecule has 2 aliphatic heterocycles. The van der Waals surface area contributed by atoms with Gasteiger partial charge < -0.3 is 4.74 Å². The van der Waals surface area contributed by atoms with Crippen LogP contribution in [0.4, 0.5) is 11.4 Å². The Kier molecular flexibility index (Phi) is 5.83. The molecule has 3 aromatic rings. The summed E-state index contributed by atoms with van der Waals surface area (Å²) in [5.41, 5.74) is 2.17. The summed E-state index contributed by atoms with van der Waals surface area (Å²) in [4.78, 5) is 35.8. The number of anilines is 2. The predicted molar refractivity (Wildman–Crippen MR) is 128 cm³/mol. The van der Waals surface area contributed by atoms with Crippen molar-refractivity contribution in [2.24, 2.45) is 5.92 Å². The minimum Gasteiger partial charge on any atom is -0.492 e. The number of amides is 2. The Balaban J connectivity index is 1.57. The Hall–Kier alpha value is -3.29. The zero-order valence-electron chi connectivity index (χ0n) is 18.4. The molecule has 0 unspecified atom stereocenters. The molecule has 3 aromatic carbocycles. The molecule has 3 atom stereocenters. The molecule has 5 rings (SSSR count). The van der Waals surface area contributed by atoms with Crippen LogP contribution in [0.3, 0.4) is 0 Å². The third kappa shape index (κ3) is 3.67. The molecule has 2 fully saturated rings. The third-order valence-corrected chi connectivity index (χ3v) is 6.73. The van der Waals surface area contributed by atoms with Crippen LogP contribution in [0.2, 0.25) is 0 Å². The van der Waals surface area contributed by atoms with Crippen LogP contribution in [-0.4, -0.2) is 30.8 Å². The first-order valence-electron chi connectivity index (χ1n) is 10.9. The van der Waals surface area contributed by atoms with Crippen LogP contribution in [0.15, 0.2) is 83.8 Å². The van der Waals surface area contributed by atoms with Crippen molar-refractivity contribution in [1.82, 2.24) is 0 Å². The summed E-state index contributed by atoms with van der Waals surface area (Å²) in [6, 6.07) is 24.3. The van der Waals surface area contributed by atoms with E-state index in [0.717, 1.165) is 16.1 Å². The summed E-state index contributed by atoms with van der Waals surface area (Å²) in [5, 5.41) is 1.71. The lowest BCUT2D eigenvalue weighted by Gasteiger charge is -2.29. The molecule has 168 valence electrons. The minimum atomic E-state index is -0.905. The highest BCUT2D eigenvalue weighted by molar-refractivity contribution is 7.98. The maximum atomic E-state index is 13.8. The number of carbonyl (C=O) groups is 2. The molecule has 2 heterocycles. The maximum Gasteiger partial charge on any atom is 0.266 e. The Morgan fingerprint density at radius 1 is 0.909 bits per heavy atom. The highest BCUT2D eigenvalue weighted by Crippen LogP contribution is 2.48. The first kappa shape index (κ1) is 21.6. The molecule has 0 radical (unpaired) electrons. The van der Waals surface area contributed by atoms with Crippen LogP contribution in [0.1, 0.15) is 18.5 Å². The Morgan fingerprint density at radius 2 is 1.61 bits per heavy atom. The number of fused-ring (bicyclic) bond motifs is 1. The lowest BCUT2D eigenvalue weighted by atomic mass is 9.90. The number of para-hydroxylation sites is 3. The Morgan fingerprint density at radius 3 is 2.30 bits per heavy atom. The zero-order valence-corrected chi connectivity index (χ0v) is 19.2. The van der Waals surface area contributed by atoms with Crippen molar-refractivity contribution in [2.45, 2.75) is 24.0 Å². The van der Waals surface area contributed by atoms with Gasteiger partial charge in [0.2, 0.25) is 5.91 Å². The number of benzene rings is 3. The summed E-state index contributed by atoms with van der Waals surface area (Å²) in [6.45, 7) is 2.30. The van der Waals surface area contributed by atoms with Gasteiger partial charge in [-0.3, -0.25) is 14.4 Å². The van der Waals surface area contributed by atoms with Crippen molar-refractivity contribution in [3.8, 4) is 5.75 Å². The molecule has 0 saturated carbocycles. The van der Waals surface area contributed by atoms with E-state index in [1.165, 1.54) is 4.90 Å². The van der Waals surface area contributed by atoms with Crippen LogP contribution in [-0.2, 0) is 14.4 Å². The van der Waals surface area contributed by atoms with Gasteiger partial charge in [0, 0.05) is 4.90 Å². The fourth-order valence-corrected chi connectivity index (χ4v) is 4.92. The quantitative estimate of drug-likeness (QED) is 0.387. The number of rotatable bonds is 6. The van der Waals surface area contributed by atoms with E-state index in [1.54, 1.807) is 35.0 Å². The second kappa shape index (κ2) is 8.92. The number of hydrogen-bond donors (Lipinski definition) is 0. The van der Waals surface area contributed by atoms with Gasteiger partial charge in [-0.25, -0.2) is 9.96 Å². The number of ether oxygens (including phenoxy) is 1. The first-order valence-corrected chi connectivity index (χ1v) is 12.1. The predicted octanol–water partition coefficient (Wildman–Crippen LogP) is 4.86. The second-order valence-corrected chi connectivity index (χ2v) is 8.72. The molecule has 0 aromatic heterocycles. The van der Waals surface area contributed by atoms with E-state index in [-0.39, 0.29) is 11.8 Å². The van der Waals surface area contributed by atoms with Gasteiger partial charge in [0.05, 0.1) is 24.0 Å². The average molecular weight is 461 g/mol. The summed E-state index contributed by atoms with van der Waals surface area (Å²) in [5.74, 6) is -0.828. The topological polar surface area (TPSA) is 59.1 Å². The molecule has 0 bridgehead atoms. The van der Waals surface area contributed by atoms with Crippen molar-refractivity contribution in [2.75, 3.05) is 22.8 Å². The van der Waals surface area contributed by atoms with Crippen molar-refractivity contribution >= 4 is 35.0 Å². The fraction of sp³-hybridized carbons (Fsp3) is 0.231. The van der Waals surface area contributed by atoms with Gasteiger partial charge in [0.25, 0.3) is 5.91 Å². The van der Waals surface area contributed by atoms with Gasteiger partial charge in [-0.2, -0.15) is 0 Å². The normalized spacial score (nSPS) is 22.1. The fourth-order valence-electron chi connectivity index (χ4n) is 4.51. The average Bonchev–Trinajstić information content (AvgIpc) is 3.36. The molecule has 0 N–H and O–H groups in total. The van der Waals surface area contributed by atoms with Gasteiger partial charge in [-0.15, -0.1) is 11.8 Å².